The molecule has 20 heavy (non-hydrogen) atoms. The van der Waals surface area contributed by atoms with Crippen molar-refractivity contribution in [1.29, 1.82) is 0 Å². The van der Waals surface area contributed by atoms with E-state index in [4.69, 9.17) is 0 Å². The first-order valence-corrected chi connectivity index (χ1v) is 9.23. The van der Waals surface area contributed by atoms with Gasteiger partial charge < -0.3 is 5.32 Å². The topological polar surface area (TPSA) is 12.0 Å². The molecule has 0 fully saturated rings. The number of thioether (sulfide) groups is 1. The van der Waals surface area contributed by atoms with Crippen LogP contribution in [0.1, 0.15) is 50.3 Å². The van der Waals surface area contributed by atoms with Crippen molar-refractivity contribution in [1.82, 2.24) is 5.32 Å². The van der Waals surface area contributed by atoms with Crippen LogP contribution in [0.15, 0.2) is 18.2 Å². The average Bonchev–Trinajstić information content (AvgIpc) is 2.92. The van der Waals surface area contributed by atoms with Gasteiger partial charge in [0.15, 0.2) is 0 Å². The third kappa shape index (κ3) is 4.53. The van der Waals surface area contributed by atoms with E-state index in [9.17, 15) is 0 Å². The van der Waals surface area contributed by atoms with Crippen LogP contribution in [-0.4, -0.2) is 23.6 Å². The van der Waals surface area contributed by atoms with Gasteiger partial charge >= 0.3 is 0 Å². The summed E-state index contributed by atoms with van der Waals surface area (Å²) in [6, 6.07) is 7.78. The number of fused-ring (bicyclic) bond motifs is 1. The van der Waals surface area contributed by atoms with Crippen molar-refractivity contribution in [2.45, 2.75) is 64.2 Å². The lowest BCUT2D eigenvalue weighted by atomic mass is 10.0. The largest absolute Gasteiger partial charge is 0.313 e. The standard InChI is InChI=1S/C18H29NS/c1-4-14(3)20-13-18(19-5-2)12-15-9-10-16-7-6-8-17(16)11-15/h9-11,14,18-19H,4-8,12-13H2,1-3H3. The third-order valence-corrected chi connectivity index (χ3v) is 5.79. The summed E-state index contributed by atoms with van der Waals surface area (Å²) in [5.74, 6) is 1.22. The molecule has 1 aliphatic rings. The van der Waals surface area contributed by atoms with E-state index < -0.39 is 0 Å². The smallest absolute Gasteiger partial charge is 0.0198 e. The van der Waals surface area contributed by atoms with E-state index >= 15 is 0 Å². The highest BCUT2D eigenvalue weighted by molar-refractivity contribution is 7.99. The fourth-order valence-corrected chi connectivity index (χ4v) is 3.95. The Kier molecular flexibility index (Phi) is 6.44. The summed E-state index contributed by atoms with van der Waals surface area (Å²) in [6.07, 6.45) is 6.36. The summed E-state index contributed by atoms with van der Waals surface area (Å²) < 4.78 is 0. The van der Waals surface area contributed by atoms with E-state index in [-0.39, 0.29) is 0 Å². The molecule has 0 amide bonds. The van der Waals surface area contributed by atoms with Gasteiger partial charge in [-0.25, -0.2) is 0 Å². The van der Waals surface area contributed by atoms with E-state index in [1.807, 2.05) is 0 Å². The molecule has 112 valence electrons. The number of rotatable bonds is 8. The molecule has 0 aliphatic heterocycles. The lowest BCUT2D eigenvalue weighted by Crippen LogP contribution is -2.33. The van der Waals surface area contributed by atoms with Crippen LogP contribution in [0.3, 0.4) is 0 Å². The predicted molar refractivity (Wildman–Crippen MR) is 91.8 cm³/mol. The minimum absolute atomic E-state index is 0.610. The van der Waals surface area contributed by atoms with Crippen LogP contribution in [0.25, 0.3) is 0 Å². The van der Waals surface area contributed by atoms with Crippen LogP contribution in [-0.2, 0) is 19.3 Å². The van der Waals surface area contributed by atoms with Crippen LogP contribution in [0.5, 0.6) is 0 Å². The fraction of sp³-hybridized carbons (Fsp3) is 0.667. The molecule has 1 aromatic rings. The number of likely N-dealkylation sites (N-methyl/N-ethyl adjacent to an activating group) is 1. The maximum atomic E-state index is 3.66. The minimum atomic E-state index is 0.610. The second-order valence-corrected chi connectivity index (χ2v) is 7.44. The number of benzene rings is 1. The van der Waals surface area contributed by atoms with E-state index in [1.165, 1.54) is 43.4 Å². The Balaban J connectivity index is 1.93. The van der Waals surface area contributed by atoms with Crippen molar-refractivity contribution in [2.24, 2.45) is 0 Å². The SMILES string of the molecule is CCNC(CSC(C)CC)Cc1ccc2c(c1)CCC2. The van der Waals surface area contributed by atoms with Crippen molar-refractivity contribution in [3.8, 4) is 0 Å². The van der Waals surface area contributed by atoms with Gasteiger partial charge in [0.2, 0.25) is 0 Å². The molecule has 1 N–H and O–H groups in total. The number of aryl methyl sites for hydroxylation is 2. The first kappa shape index (κ1) is 15.9. The van der Waals surface area contributed by atoms with Gasteiger partial charge in [-0.05, 0) is 55.3 Å². The summed E-state index contributed by atoms with van der Waals surface area (Å²) in [5, 5.41) is 4.43. The molecule has 2 rings (SSSR count). The lowest BCUT2D eigenvalue weighted by molar-refractivity contribution is 0.571. The molecule has 1 nitrogen and oxygen atoms in total. The molecule has 0 spiro atoms. The second kappa shape index (κ2) is 8.09. The molecule has 0 bridgehead atoms. The van der Waals surface area contributed by atoms with Crippen molar-refractivity contribution >= 4 is 11.8 Å². The fourth-order valence-electron chi connectivity index (χ4n) is 2.91. The highest BCUT2D eigenvalue weighted by Crippen LogP contribution is 2.24. The summed E-state index contributed by atoms with van der Waals surface area (Å²) in [6.45, 7) is 7.89. The zero-order chi connectivity index (χ0) is 14.4. The number of hydrogen-bond donors (Lipinski definition) is 1. The monoisotopic (exact) mass is 291 g/mol. The Morgan fingerprint density at radius 3 is 2.75 bits per heavy atom. The maximum Gasteiger partial charge on any atom is 0.0198 e. The van der Waals surface area contributed by atoms with Crippen LogP contribution in [0.4, 0.5) is 0 Å². The van der Waals surface area contributed by atoms with E-state index in [2.05, 4.69) is 56.0 Å². The molecule has 2 heteroatoms. The number of nitrogens with one attached hydrogen (secondary N) is 1. The Morgan fingerprint density at radius 2 is 2.00 bits per heavy atom. The molecule has 0 radical (unpaired) electrons. The van der Waals surface area contributed by atoms with Gasteiger partial charge in [0.1, 0.15) is 0 Å². The predicted octanol–water partition coefficient (Wildman–Crippen LogP) is 4.23. The van der Waals surface area contributed by atoms with Crippen LogP contribution >= 0.6 is 11.8 Å². The molecule has 0 heterocycles. The first-order valence-electron chi connectivity index (χ1n) is 8.18. The molecule has 1 aliphatic carbocycles. The first-order chi connectivity index (χ1) is 9.72. The highest BCUT2D eigenvalue weighted by Gasteiger charge is 2.14. The molecule has 0 aromatic heterocycles. The normalized spacial score (nSPS) is 16.9. The van der Waals surface area contributed by atoms with Crippen molar-refractivity contribution in [3.63, 3.8) is 0 Å². The van der Waals surface area contributed by atoms with Crippen LogP contribution in [0.2, 0.25) is 0 Å². The van der Waals surface area contributed by atoms with Gasteiger partial charge in [-0.2, -0.15) is 11.8 Å². The molecule has 1 aromatic carbocycles. The van der Waals surface area contributed by atoms with Gasteiger partial charge in [0.25, 0.3) is 0 Å². The molecular formula is C18H29NS. The van der Waals surface area contributed by atoms with Crippen LogP contribution < -0.4 is 5.32 Å². The average molecular weight is 292 g/mol. The Labute approximate surface area is 128 Å². The third-order valence-electron chi connectivity index (χ3n) is 4.29. The Hall–Kier alpha value is -0.470. The molecule has 2 unspecified atom stereocenters. The lowest BCUT2D eigenvalue weighted by Gasteiger charge is -2.20. The zero-order valence-electron chi connectivity index (χ0n) is 13.2. The Bertz CT molecular complexity index is 416. The van der Waals surface area contributed by atoms with E-state index in [0.717, 1.165) is 11.8 Å². The van der Waals surface area contributed by atoms with Gasteiger partial charge in [-0.15, -0.1) is 0 Å². The zero-order valence-corrected chi connectivity index (χ0v) is 14.1. The highest BCUT2D eigenvalue weighted by atomic mass is 32.2. The molecule has 0 saturated heterocycles. The van der Waals surface area contributed by atoms with E-state index in [0.29, 0.717) is 6.04 Å². The van der Waals surface area contributed by atoms with Gasteiger partial charge in [0.05, 0.1) is 0 Å². The van der Waals surface area contributed by atoms with Gasteiger partial charge in [-0.3, -0.25) is 0 Å². The summed E-state index contributed by atoms with van der Waals surface area (Å²) in [7, 11) is 0. The number of hydrogen-bond acceptors (Lipinski definition) is 2. The van der Waals surface area contributed by atoms with E-state index in [1.54, 1.807) is 11.1 Å². The molecule has 0 saturated carbocycles. The van der Waals surface area contributed by atoms with Gasteiger partial charge in [0, 0.05) is 17.0 Å². The Morgan fingerprint density at radius 1 is 1.20 bits per heavy atom. The van der Waals surface area contributed by atoms with Crippen LogP contribution in [0, 0.1) is 0 Å². The second-order valence-electron chi connectivity index (χ2n) is 5.97. The van der Waals surface area contributed by atoms with Crippen molar-refractivity contribution in [2.75, 3.05) is 12.3 Å². The van der Waals surface area contributed by atoms with Crippen molar-refractivity contribution < 1.29 is 0 Å². The summed E-state index contributed by atoms with van der Waals surface area (Å²) in [5.41, 5.74) is 4.71. The van der Waals surface area contributed by atoms with Gasteiger partial charge in [-0.1, -0.05) is 39.0 Å². The maximum absolute atomic E-state index is 3.66. The van der Waals surface area contributed by atoms with Crippen molar-refractivity contribution in [3.05, 3.63) is 34.9 Å². The summed E-state index contributed by atoms with van der Waals surface area (Å²) in [4.78, 5) is 0. The quantitative estimate of drug-likeness (QED) is 0.769. The molecular weight excluding hydrogens is 262 g/mol. The molecule has 2 atom stereocenters. The minimum Gasteiger partial charge on any atom is -0.313 e. The summed E-state index contributed by atoms with van der Waals surface area (Å²) >= 11 is 2.11.